The fourth-order valence-electron chi connectivity index (χ4n) is 2.86. The quantitative estimate of drug-likeness (QED) is 0.833. The minimum absolute atomic E-state index is 0.0198. The van der Waals surface area contributed by atoms with Crippen molar-refractivity contribution in [3.63, 3.8) is 0 Å². The zero-order chi connectivity index (χ0) is 14.9. The van der Waals surface area contributed by atoms with Gasteiger partial charge >= 0.3 is 0 Å². The van der Waals surface area contributed by atoms with Gasteiger partial charge in [0.2, 0.25) is 0 Å². The number of aliphatic hydroxyl groups excluding tert-OH is 1. The molecule has 2 fully saturated rings. The normalized spacial score (nSPS) is 18.6. The molecule has 3 rings (SSSR count). The molecule has 1 aromatic rings. The number of rotatable bonds is 4. The summed E-state index contributed by atoms with van der Waals surface area (Å²) < 4.78 is 13.8. The van der Waals surface area contributed by atoms with Crippen LogP contribution in [-0.2, 0) is 0 Å². The lowest BCUT2D eigenvalue weighted by molar-refractivity contribution is 0.0938. The Bertz CT molecular complexity index is 621. The summed E-state index contributed by atoms with van der Waals surface area (Å²) in [5, 5.41) is 11.5. The third kappa shape index (κ3) is 3.08. The van der Waals surface area contributed by atoms with Gasteiger partial charge in [-0.05, 0) is 55.2 Å². The molecule has 1 aromatic carbocycles. The molecule has 110 valence electrons. The van der Waals surface area contributed by atoms with Crippen molar-refractivity contribution in [2.45, 2.75) is 25.7 Å². The number of nitrogens with one attached hydrogen (secondary N) is 1. The maximum atomic E-state index is 13.8. The SMILES string of the molecule is O=C(NCC1(C2CC2)CC1)c1cc(C#CCO)ccc1F. The molecule has 0 aromatic heterocycles. The van der Waals surface area contributed by atoms with Crippen molar-refractivity contribution in [3.8, 4) is 11.8 Å². The first kappa shape index (κ1) is 14.1. The molecule has 2 saturated carbocycles. The lowest BCUT2D eigenvalue weighted by atomic mass is 10.0. The highest BCUT2D eigenvalue weighted by atomic mass is 19.1. The molecule has 2 N–H and O–H groups in total. The second kappa shape index (κ2) is 5.50. The van der Waals surface area contributed by atoms with Crippen LogP contribution in [0.5, 0.6) is 0 Å². The van der Waals surface area contributed by atoms with Gasteiger partial charge in [0.25, 0.3) is 5.91 Å². The van der Waals surface area contributed by atoms with E-state index in [1.54, 1.807) is 0 Å². The van der Waals surface area contributed by atoms with Gasteiger partial charge in [0.15, 0.2) is 0 Å². The van der Waals surface area contributed by atoms with Gasteiger partial charge in [0.05, 0.1) is 5.56 Å². The van der Waals surface area contributed by atoms with E-state index in [2.05, 4.69) is 17.2 Å². The van der Waals surface area contributed by atoms with E-state index < -0.39 is 5.82 Å². The van der Waals surface area contributed by atoms with E-state index in [1.807, 2.05) is 0 Å². The van der Waals surface area contributed by atoms with Crippen molar-refractivity contribution in [1.82, 2.24) is 5.32 Å². The molecule has 1 amide bonds. The highest BCUT2D eigenvalue weighted by Crippen LogP contribution is 2.60. The molecular formula is C17H18FNO2. The van der Waals surface area contributed by atoms with E-state index in [4.69, 9.17) is 5.11 Å². The minimum Gasteiger partial charge on any atom is -0.384 e. The van der Waals surface area contributed by atoms with Crippen LogP contribution < -0.4 is 5.32 Å². The standard InChI is InChI=1S/C17H18FNO2/c18-15-6-3-12(2-1-9-20)10-14(15)16(21)19-11-17(7-8-17)13-4-5-13/h3,6,10,13,20H,4-5,7-9,11H2,(H,19,21). The summed E-state index contributed by atoms with van der Waals surface area (Å²) in [5.74, 6) is 5.00. The van der Waals surface area contributed by atoms with Crippen LogP contribution in [-0.4, -0.2) is 24.2 Å². The van der Waals surface area contributed by atoms with Crippen LogP contribution in [0.4, 0.5) is 4.39 Å². The lowest BCUT2D eigenvalue weighted by Crippen LogP contribution is -2.31. The average molecular weight is 287 g/mol. The molecule has 3 nitrogen and oxygen atoms in total. The fourth-order valence-corrected chi connectivity index (χ4v) is 2.86. The predicted molar refractivity (Wildman–Crippen MR) is 77.1 cm³/mol. The van der Waals surface area contributed by atoms with E-state index >= 15 is 0 Å². The summed E-state index contributed by atoms with van der Waals surface area (Å²) in [6.07, 6.45) is 4.86. The zero-order valence-electron chi connectivity index (χ0n) is 11.8. The van der Waals surface area contributed by atoms with Crippen LogP contribution in [0.25, 0.3) is 0 Å². The highest BCUT2D eigenvalue weighted by molar-refractivity contribution is 5.94. The van der Waals surface area contributed by atoms with Crippen LogP contribution in [0.2, 0.25) is 0 Å². The van der Waals surface area contributed by atoms with Gasteiger partial charge in [0.1, 0.15) is 12.4 Å². The number of amides is 1. The van der Waals surface area contributed by atoms with Crippen LogP contribution in [0.3, 0.4) is 0 Å². The smallest absolute Gasteiger partial charge is 0.254 e. The van der Waals surface area contributed by atoms with Crippen LogP contribution >= 0.6 is 0 Å². The highest BCUT2D eigenvalue weighted by Gasteiger charge is 2.53. The number of carbonyl (C=O) groups is 1. The molecule has 0 spiro atoms. The van der Waals surface area contributed by atoms with E-state index in [0.717, 1.165) is 5.92 Å². The van der Waals surface area contributed by atoms with Crippen molar-refractivity contribution < 1.29 is 14.3 Å². The number of halogens is 1. The monoisotopic (exact) mass is 287 g/mol. The molecule has 0 aliphatic heterocycles. The molecule has 0 unspecified atom stereocenters. The number of hydrogen-bond acceptors (Lipinski definition) is 2. The van der Waals surface area contributed by atoms with Gasteiger partial charge in [0, 0.05) is 12.1 Å². The van der Waals surface area contributed by atoms with E-state index in [1.165, 1.54) is 43.9 Å². The fraction of sp³-hybridized carbons (Fsp3) is 0.471. The summed E-state index contributed by atoms with van der Waals surface area (Å²) in [7, 11) is 0. The Balaban J connectivity index is 1.68. The Morgan fingerprint density at radius 2 is 2.19 bits per heavy atom. The molecule has 4 heteroatoms. The van der Waals surface area contributed by atoms with Crippen molar-refractivity contribution in [2.24, 2.45) is 11.3 Å². The Kier molecular flexibility index (Phi) is 3.69. The van der Waals surface area contributed by atoms with Gasteiger partial charge in [-0.1, -0.05) is 11.8 Å². The van der Waals surface area contributed by atoms with E-state index in [0.29, 0.717) is 17.5 Å². The summed E-state index contributed by atoms with van der Waals surface area (Å²) in [4.78, 5) is 12.2. The van der Waals surface area contributed by atoms with Gasteiger partial charge in [-0.2, -0.15) is 0 Å². The molecular weight excluding hydrogens is 269 g/mol. The molecule has 0 saturated heterocycles. The summed E-state index contributed by atoms with van der Waals surface area (Å²) in [6.45, 7) is 0.380. The summed E-state index contributed by atoms with van der Waals surface area (Å²) in [6, 6.07) is 4.18. The lowest BCUT2D eigenvalue weighted by Gasteiger charge is -2.15. The van der Waals surface area contributed by atoms with E-state index in [-0.39, 0.29) is 18.1 Å². The first-order valence-electron chi connectivity index (χ1n) is 7.32. The number of benzene rings is 1. The molecule has 0 heterocycles. The maximum absolute atomic E-state index is 13.8. The van der Waals surface area contributed by atoms with Crippen molar-refractivity contribution in [2.75, 3.05) is 13.2 Å². The molecule has 0 bridgehead atoms. The summed E-state index contributed by atoms with van der Waals surface area (Å²) in [5.41, 5.74) is 0.839. The van der Waals surface area contributed by atoms with Gasteiger partial charge in [-0.3, -0.25) is 4.79 Å². The predicted octanol–water partition coefficient (Wildman–Crippen LogP) is 2.09. The average Bonchev–Trinajstić information content (AvgIpc) is 3.36. The summed E-state index contributed by atoms with van der Waals surface area (Å²) >= 11 is 0. The van der Waals surface area contributed by atoms with Crippen molar-refractivity contribution >= 4 is 5.91 Å². The first-order chi connectivity index (χ1) is 10.1. The third-order valence-corrected chi connectivity index (χ3v) is 4.46. The molecule has 2 aliphatic carbocycles. The van der Waals surface area contributed by atoms with Crippen LogP contribution in [0.1, 0.15) is 41.6 Å². The largest absolute Gasteiger partial charge is 0.384 e. The van der Waals surface area contributed by atoms with Crippen molar-refractivity contribution in [1.29, 1.82) is 0 Å². The number of hydrogen-bond donors (Lipinski definition) is 2. The van der Waals surface area contributed by atoms with Gasteiger partial charge in [-0.25, -0.2) is 4.39 Å². The second-order valence-corrected chi connectivity index (χ2v) is 5.97. The topological polar surface area (TPSA) is 49.3 Å². The molecule has 0 atom stereocenters. The van der Waals surface area contributed by atoms with Gasteiger partial charge in [-0.15, -0.1) is 0 Å². The number of carbonyl (C=O) groups excluding carboxylic acids is 1. The number of aliphatic hydroxyl groups is 1. The van der Waals surface area contributed by atoms with Crippen molar-refractivity contribution in [3.05, 3.63) is 35.1 Å². The Hall–Kier alpha value is -1.86. The van der Waals surface area contributed by atoms with Crippen LogP contribution in [0.15, 0.2) is 18.2 Å². The van der Waals surface area contributed by atoms with Gasteiger partial charge < -0.3 is 10.4 Å². The van der Waals surface area contributed by atoms with Crippen LogP contribution in [0, 0.1) is 29.0 Å². The van der Waals surface area contributed by atoms with E-state index in [9.17, 15) is 9.18 Å². The molecule has 0 radical (unpaired) electrons. The third-order valence-electron chi connectivity index (χ3n) is 4.46. The minimum atomic E-state index is -0.543. The second-order valence-electron chi connectivity index (χ2n) is 5.97. The zero-order valence-corrected chi connectivity index (χ0v) is 11.8. The first-order valence-corrected chi connectivity index (χ1v) is 7.32. The Morgan fingerprint density at radius 1 is 1.43 bits per heavy atom. The molecule has 21 heavy (non-hydrogen) atoms. The maximum Gasteiger partial charge on any atom is 0.254 e. The Labute approximate surface area is 123 Å². The molecule has 2 aliphatic rings. The Morgan fingerprint density at radius 3 is 2.81 bits per heavy atom.